The van der Waals surface area contributed by atoms with Gasteiger partial charge in [0, 0.05) is 17.8 Å². The Kier molecular flexibility index (Phi) is 4.41. The highest BCUT2D eigenvalue weighted by atomic mass is 35.5. The number of nitrogens with zero attached hydrogens (tertiary/aromatic N) is 1. The summed E-state index contributed by atoms with van der Waals surface area (Å²) in [6, 6.07) is 4.98. The predicted molar refractivity (Wildman–Crippen MR) is 75.7 cm³/mol. The van der Waals surface area contributed by atoms with Gasteiger partial charge in [0.2, 0.25) is 0 Å². The second-order valence-electron chi connectivity index (χ2n) is 5.04. The molecule has 1 N–H and O–H groups in total. The zero-order valence-corrected chi connectivity index (χ0v) is 11.7. The summed E-state index contributed by atoms with van der Waals surface area (Å²) in [5.41, 5.74) is 0.910. The monoisotopic (exact) mass is 267 g/mol. The van der Waals surface area contributed by atoms with Crippen molar-refractivity contribution in [3.63, 3.8) is 0 Å². The molecule has 0 saturated carbocycles. The Morgan fingerprint density at radius 3 is 2.50 bits per heavy atom. The number of carbonyl (C=O) groups is 1. The Bertz CT molecular complexity index is 463. The number of hydrogen-bond donors (Lipinski definition) is 1. The molecule has 0 unspecified atom stereocenters. The SMILES string of the molecule is C=CCN(c1ccc(C(=O)O)c(Cl)c1)C(C)(C)C. The number of anilines is 1. The molecular weight excluding hydrogens is 250 g/mol. The van der Waals surface area contributed by atoms with Crippen LogP contribution in [0.15, 0.2) is 30.9 Å². The number of rotatable bonds is 4. The van der Waals surface area contributed by atoms with Crippen molar-refractivity contribution in [3.05, 3.63) is 41.4 Å². The molecule has 3 nitrogen and oxygen atoms in total. The highest BCUT2D eigenvalue weighted by Gasteiger charge is 2.21. The molecule has 0 saturated heterocycles. The summed E-state index contributed by atoms with van der Waals surface area (Å²) in [5, 5.41) is 9.19. The summed E-state index contributed by atoms with van der Waals surface area (Å²) in [6.45, 7) is 10.6. The van der Waals surface area contributed by atoms with Crippen LogP contribution in [0.4, 0.5) is 5.69 Å². The highest BCUT2D eigenvalue weighted by Crippen LogP contribution is 2.28. The third kappa shape index (κ3) is 3.26. The van der Waals surface area contributed by atoms with Gasteiger partial charge in [0.05, 0.1) is 10.6 Å². The van der Waals surface area contributed by atoms with Crippen molar-refractivity contribution < 1.29 is 9.90 Å². The van der Waals surface area contributed by atoms with E-state index < -0.39 is 5.97 Å². The van der Waals surface area contributed by atoms with Gasteiger partial charge in [0.15, 0.2) is 0 Å². The van der Waals surface area contributed by atoms with Crippen LogP contribution in [0.2, 0.25) is 5.02 Å². The van der Waals surface area contributed by atoms with Crippen LogP contribution in [0, 0.1) is 0 Å². The van der Waals surface area contributed by atoms with E-state index in [9.17, 15) is 4.79 Å². The maximum absolute atomic E-state index is 10.9. The predicted octanol–water partition coefficient (Wildman–Crippen LogP) is 3.83. The van der Waals surface area contributed by atoms with Crippen molar-refractivity contribution in [1.82, 2.24) is 0 Å². The molecule has 0 atom stereocenters. The summed E-state index contributed by atoms with van der Waals surface area (Å²) in [4.78, 5) is 13.0. The van der Waals surface area contributed by atoms with E-state index in [1.807, 2.05) is 6.08 Å². The van der Waals surface area contributed by atoms with Gasteiger partial charge in [-0.15, -0.1) is 6.58 Å². The maximum atomic E-state index is 10.9. The van der Waals surface area contributed by atoms with E-state index in [0.29, 0.717) is 6.54 Å². The van der Waals surface area contributed by atoms with E-state index in [2.05, 4.69) is 32.3 Å². The Balaban J connectivity index is 3.19. The summed E-state index contributed by atoms with van der Waals surface area (Å²) in [6.07, 6.45) is 1.81. The van der Waals surface area contributed by atoms with Crippen molar-refractivity contribution in [3.8, 4) is 0 Å². The number of hydrogen-bond acceptors (Lipinski definition) is 2. The highest BCUT2D eigenvalue weighted by molar-refractivity contribution is 6.33. The van der Waals surface area contributed by atoms with E-state index in [4.69, 9.17) is 16.7 Å². The van der Waals surface area contributed by atoms with Crippen LogP contribution in [0.25, 0.3) is 0 Å². The molecule has 0 spiro atoms. The second kappa shape index (κ2) is 5.44. The summed E-state index contributed by atoms with van der Waals surface area (Å²) >= 11 is 5.99. The van der Waals surface area contributed by atoms with Gasteiger partial charge in [-0.2, -0.15) is 0 Å². The molecule has 0 amide bonds. The summed E-state index contributed by atoms with van der Waals surface area (Å²) in [5.74, 6) is -1.02. The van der Waals surface area contributed by atoms with Crippen molar-refractivity contribution in [2.75, 3.05) is 11.4 Å². The van der Waals surface area contributed by atoms with Crippen LogP contribution < -0.4 is 4.90 Å². The Morgan fingerprint density at radius 2 is 2.11 bits per heavy atom. The Hall–Kier alpha value is -1.48. The van der Waals surface area contributed by atoms with Crippen molar-refractivity contribution in [1.29, 1.82) is 0 Å². The zero-order valence-electron chi connectivity index (χ0n) is 10.9. The lowest BCUT2D eigenvalue weighted by Crippen LogP contribution is -2.41. The van der Waals surface area contributed by atoms with Gasteiger partial charge in [-0.1, -0.05) is 17.7 Å². The molecule has 4 heteroatoms. The summed E-state index contributed by atoms with van der Waals surface area (Å²) in [7, 11) is 0. The molecule has 0 fully saturated rings. The molecule has 0 aliphatic heterocycles. The van der Waals surface area contributed by atoms with Gasteiger partial charge in [-0.05, 0) is 39.0 Å². The lowest BCUT2D eigenvalue weighted by molar-refractivity contribution is 0.0697. The van der Waals surface area contributed by atoms with Gasteiger partial charge < -0.3 is 10.0 Å². The molecular formula is C14H18ClNO2. The van der Waals surface area contributed by atoms with Gasteiger partial charge >= 0.3 is 5.97 Å². The summed E-state index contributed by atoms with van der Waals surface area (Å²) < 4.78 is 0. The number of aromatic carboxylic acids is 1. The average Bonchev–Trinajstić information content (AvgIpc) is 2.23. The van der Waals surface area contributed by atoms with Crippen LogP contribution >= 0.6 is 11.6 Å². The topological polar surface area (TPSA) is 40.5 Å². The number of carboxylic acid groups (broad SMARTS) is 1. The third-order valence-corrected chi connectivity index (χ3v) is 2.93. The average molecular weight is 268 g/mol. The van der Waals surface area contributed by atoms with E-state index in [-0.39, 0.29) is 16.1 Å². The zero-order chi connectivity index (χ0) is 13.9. The molecule has 0 aromatic heterocycles. The fourth-order valence-corrected chi connectivity index (χ4v) is 2.00. The number of halogens is 1. The Morgan fingerprint density at radius 1 is 1.50 bits per heavy atom. The van der Waals surface area contributed by atoms with E-state index in [1.165, 1.54) is 6.07 Å². The van der Waals surface area contributed by atoms with Gasteiger partial charge in [0.1, 0.15) is 0 Å². The minimum atomic E-state index is -1.02. The largest absolute Gasteiger partial charge is 0.478 e. The molecule has 0 heterocycles. The molecule has 0 radical (unpaired) electrons. The molecule has 18 heavy (non-hydrogen) atoms. The fourth-order valence-electron chi connectivity index (χ4n) is 1.74. The normalized spacial score (nSPS) is 11.1. The smallest absolute Gasteiger partial charge is 0.337 e. The van der Waals surface area contributed by atoms with Crippen LogP contribution in [-0.4, -0.2) is 23.2 Å². The van der Waals surface area contributed by atoms with Crippen LogP contribution in [0.3, 0.4) is 0 Å². The lowest BCUT2D eigenvalue weighted by atomic mass is 10.0. The molecule has 1 rings (SSSR count). The van der Waals surface area contributed by atoms with E-state index in [0.717, 1.165) is 5.69 Å². The second-order valence-corrected chi connectivity index (χ2v) is 5.45. The minimum Gasteiger partial charge on any atom is -0.478 e. The third-order valence-electron chi connectivity index (χ3n) is 2.62. The molecule has 0 aliphatic rings. The van der Waals surface area contributed by atoms with E-state index >= 15 is 0 Å². The van der Waals surface area contributed by atoms with Crippen LogP contribution in [0.1, 0.15) is 31.1 Å². The molecule has 98 valence electrons. The van der Waals surface area contributed by atoms with E-state index in [1.54, 1.807) is 12.1 Å². The molecule has 0 aliphatic carbocycles. The van der Waals surface area contributed by atoms with Gasteiger partial charge in [-0.3, -0.25) is 0 Å². The first-order valence-electron chi connectivity index (χ1n) is 5.68. The van der Waals surface area contributed by atoms with Crippen LogP contribution in [-0.2, 0) is 0 Å². The first kappa shape index (κ1) is 14.6. The quantitative estimate of drug-likeness (QED) is 0.843. The van der Waals surface area contributed by atoms with Crippen molar-refractivity contribution >= 4 is 23.3 Å². The molecule has 0 bridgehead atoms. The minimum absolute atomic E-state index is 0.0950. The standard InChI is InChI=1S/C14H18ClNO2/c1-5-8-16(14(2,3)4)10-6-7-11(13(17)18)12(15)9-10/h5-7,9H,1,8H2,2-4H3,(H,17,18). The Labute approximate surface area is 113 Å². The first-order chi connectivity index (χ1) is 8.27. The first-order valence-corrected chi connectivity index (χ1v) is 6.06. The van der Waals surface area contributed by atoms with Gasteiger partial charge in [0.25, 0.3) is 0 Å². The number of benzene rings is 1. The van der Waals surface area contributed by atoms with Crippen LogP contribution in [0.5, 0.6) is 0 Å². The molecule has 1 aromatic carbocycles. The molecule has 1 aromatic rings. The van der Waals surface area contributed by atoms with Crippen molar-refractivity contribution in [2.45, 2.75) is 26.3 Å². The number of carboxylic acids is 1. The fraction of sp³-hybridized carbons (Fsp3) is 0.357. The maximum Gasteiger partial charge on any atom is 0.337 e. The van der Waals surface area contributed by atoms with Crippen molar-refractivity contribution in [2.24, 2.45) is 0 Å². The van der Waals surface area contributed by atoms with Gasteiger partial charge in [-0.25, -0.2) is 4.79 Å². The lowest BCUT2D eigenvalue weighted by Gasteiger charge is -2.37.